The number of aromatic nitrogens is 1. The normalized spacial score (nSPS) is 14.3. The molecule has 1 fully saturated rings. The van der Waals surface area contributed by atoms with Crippen LogP contribution in [0.1, 0.15) is 35.3 Å². The van der Waals surface area contributed by atoms with E-state index in [1.54, 1.807) is 4.90 Å². The summed E-state index contributed by atoms with van der Waals surface area (Å²) in [7, 11) is 1.85. The maximum atomic E-state index is 12.9. The van der Waals surface area contributed by atoms with Gasteiger partial charge in [0.05, 0.1) is 5.52 Å². The fourth-order valence-electron chi connectivity index (χ4n) is 3.80. The van der Waals surface area contributed by atoms with Crippen molar-refractivity contribution in [2.24, 2.45) is 0 Å². The Kier molecular flexibility index (Phi) is 5.05. The van der Waals surface area contributed by atoms with E-state index < -0.39 is 0 Å². The van der Waals surface area contributed by atoms with Crippen molar-refractivity contribution in [2.45, 2.75) is 25.8 Å². The fourth-order valence-corrected chi connectivity index (χ4v) is 3.80. The molecule has 4 heteroatoms. The molecule has 0 saturated carbocycles. The van der Waals surface area contributed by atoms with Crippen LogP contribution in [0.4, 0.5) is 5.69 Å². The standard InChI is InChI=1S/C23H25N3O/c1-25(23(27)21-14-13-18-9-3-5-11-20(18)24-21)17-19-10-4-6-12-22(19)26-15-7-2-8-16-26/h3-6,9-14H,2,7-8,15-17H2,1H3. The lowest BCUT2D eigenvalue weighted by molar-refractivity contribution is 0.0780. The van der Waals surface area contributed by atoms with Crippen LogP contribution in [-0.4, -0.2) is 35.9 Å². The van der Waals surface area contributed by atoms with Gasteiger partial charge >= 0.3 is 0 Å². The molecule has 0 aliphatic carbocycles. The highest BCUT2D eigenvalue weighted by molar-refractivity contribution is 5.94. The number of nitrogens with zero attached hydrogens (tertiary/aromatic N) is 3. The Balaban J connectivity index is 1.54. The number of piperidine rings is 1. The molecular weight excluding hydrogens is 334 g/mol. The Morgan fingerprint density at radius 1 is 0.963 bits per heavy atom. The number of rotatable bonds is 4. The first-order valence-corrected chi connectivity index (χ1v) is 9.66. The fraction of sp³-hybridized carbons (Fsp3) is 0.304. The second-order valence-electron chi connectivity index (χ2n) is 7.23. The number of anilines is 1. The van der Waals surface area contributed by atoms with Gasteiger partial charge in [0.25, 0.3) is 5.91 Å². The predicted octanol–water partition coefficient (Wildman–Crippen LogP) is 4.50. The Bertz CT molecular complexity index is 947. The number of hydrogen-bond donors (Lipinski definition) is 0. The molecule has 0 radical (unpaired) electrons. The third-order valence-electron chi connectivity index (χ3n) is 5.26. The summed E-state index contributed by atoms with van der Waals surface area (Å²) in [5, 5.41) is 1.05. The van der Waals surface area contributed by atoms with Crippen molar-refractivity contribution in [1.29, 1.82) is 0 Å². The van der Waals surface area contributed by atoms with Crippen molar-refractivity contribution in [3.8, 4) is 0 Å². The van der Waals surface area contributed by atoms with Gasteiger partial charge in [-0.25, -0.2) is 4.98 Å². The minimum atomic E-state index is -0.0470. The number of pyridine rings is 1. The van der Waals surface area contributed by atoms with Crippen molar-refractivity contribution in [2.75, 3.05) is 25.0 Å². The Morgan fingerprint density at radius 3 is 2.56 bits per heavy atom. The first kappa shape index (κ1) is 17.5. The van der Waals surface area contributed by atoms with Crippen molar-refractivity contribution >= 4 is 22.5 Å². The van der Waals surface area contributed by atoms with E-state index in [1.807, 2.05) is 43.4 Å². The van der Waals surface area contributed by atoms with Gasteiger partial charge in [-0.05, 0) is 43.0 Å². The first-order chi connectivity index (χ1) is 13.2. The second kappa shape index (κ2) is 7.78. The summed E-state index contributed by atoms with van der Waals surface area (Å²) in [6, 6.07) is 20.1. The molecule has 4 nitrogen and oxygen atoms in total. The van der Waals surface area contributed by atoms with E-state index in [-0.39, 0.29) is 5.91 Å². The molecule has 0 atom stereocenters. The van der Waals surface area contributed by atoms with Crippen LogP contribution >= 0.6 is 0 Å². The molecule has 0 unspecified atom stereocenters. The van der Waals surface area contributed by atoms with Crippen LogP contribution in [0.2, 0.25) is 0 Å². The van der Waals surface area contributed by atoms with Crippen LogP contribution < -0.4 is 4.90 Å². The lowest BCUT2D eigenvalue weighted by Crippen LogP contribution is -2.32. The minimum absolute atomic E-state index is 0.0470. The highest BCUT2D eigenvalue weighted by Gasteiger charge is 2.18. The van der Waals surface area contributed by atoms with E-state index in [1.165, 1.54) is 30.5 Å². The van der Waals surface area contributed by atoms with Gasteiger partial charge in [-0.2, -0.15) is 0 Å². The zero-order chi connectivity index (χ0) is 18.6. The minimum Gasteiger partial charge on any atom is -0.371 e. The number of hydrogen-bond acceptors (Lipinski definition) is 3. The number of benzene rings is 2. The van der Waals surface area contributed by atoms with Gasteiger partial charge < -0.3 is 9.80 Å². The molecule has 138 valence electrons. The first-order valence-electron chi connectivity index (χ1n) is 9.66. The summed E-state index contributed by atoms with van der Waals surface area (Å²) in [6.45, 7) is 2.78. The topological polar surface area (TPSA) is 36.4 Å². The highest BCUT2D eigenvalue weighted by Crippen LogP contribution is 2.25. The van der Waals surface area contributed by atoms with Crippen molar-refractivity contribution in [3.05, 3.63) is 71.9 Å². The summed E-state index contributed by atoms with van der Waals surface area (Å²) in [5.74, 6) is -0.0470. The Hall–Kier alpha value is -2.88. The van der Waals surface area contributed by atoms with Crippen LogP contribution in [0.5, 0.6) is 0 Å². The van der Waals surface area contributed by atoms with Gasteiger partial charge in [0.2, 0.25) is 0 Å². The van der Waals surface area contributed by atoms with E-state index in [0.29, 0.717) is 12.2 Å². The summed E-state index contributed by atoms with van der Waals surface area (Å²) >= 11 is 0. The zero-order valence-electron chi connectivity index (χ0n) is 15.8. The number of carbonyl (C=O) groups excluding carboxylic acids is 1. The molecule has 1 aliphatic rings. The molecule has 1 aliphatic heterocycles. The van der Waals surface area contributed by atoms with Gasteiger partial charge in [0.15, 0.2) is 0 Å². The van der Waals surface area contributed by atoms with Crippen LogP contribution in [0, 0.1) is 0 Å². The lowest BCUT2D eigenvalue weighted by atomic mass is 10.1. The molecule has 0 N–H and O–H groups in total. The number of para-hydroxylation sites is 2. The van der Waals surface area contributed by atoms with Crippen molar-refractivity contribution < 1.29 is 4.79 Å². The van der Waals surface area contributed by atoms with Crippen LogP contribution in [0.25, 0.3) is 10.9 Å². The summed E-state index contributed by atoms with van der Waals surface area (Å²) in [4.78, 5) is 21.7. The largest absolute Gasteiger partial charge is 0.371 e. The molecule has 0 bridgehead atoms. The molecule has 0 spiro atoms. The monoisotopic (exact) mass is 359 g/mol. The van der Waals surface area contributed by atoms with Gasteiger partial charge in [-0.3, -0.25) is 4.79 Å². The van der Waals surface area contributed by atoms with Crippen LogP contribution in [0.3, 0.4) is 0 Å². The number of carbonyl (C=O) groups is 1. The van der Waals surface area contributed by atoms with E-state index in [0.717, 1.165) is 24.0 Å². The smallest absolute Gasteiger partial charge is 0.272 e. The van der Waals surface area contributed by atoms with Crippen molar-refractivity contribution in [3.63, 3.8) is 0 Å². The second-order valence-corrected chi connectivity index (χ2v) is 7.23. The summed E-state index contributed by atoms with van der Waals surface area (Å²) in [6.07, 6.45) is 3.79. The van der Waals surface area contributed by atoms with E-state index in [2.05, 4.69) is 34.1 Å². The van der Waals surface area contributed by atoms with E-state index >= 15 is 0 Å². The third-order valence-corrected chi connectivity index (χ3v) is 5.26. The van der Waals surface area contributed by atoms with E-state index in [4.69, 9.17) is 0 Å². The Morgan fingerprint density at radius 2 is 1.70 bits per heavy atom. The van der Waals surface area contributed by atoms with E-state index in [9.17, 15) is 4.79 Å². The molecule has 4 rings (SSSR count). The maximum Gasteiger partial charge on any atom is 0.272 e. The Labute approximate surface area is 160 Å². The number of amides is 1. The average molecular weight is 359 g/mol. The molecule has 1 saturated heterocycles. The van der Waals surface area contributed by atoms with Crippen LogP contribution in [-0.2, 0) is 6.54 Å². The molecular formula is C23H25N3O. The molecule has 1 aromatic heterocycles. The summed E-state index contributed by atoms with van der Waals surface area (Å²) in [5.41, 5.74) is 3.79. The van der Waals surface area contributed by atoms with Gasteiger partial charge in [0, 0.05) is 37.8 Å². The zero-order valence-corrected chi connectivity index (χ0v) is 15.8. The van der Waals surface area contributed by atoms with Crippen molar-refractivity contribution in [1.82, 2.24) is 9.88 Å². The molecule has 2 aromatic carbocycles. The average Bonchev–Trinajstić information content (AvgIpc) is 2.74. The van der Waals surface area contributed by atoms with Gasteiger partial charge in [-0.15, -0.1) is 0 Å². The molecule has 3 aromatic rings. The molecule has 2 heterocycles. The summed E-state index contributed by atoms with van der Waals surface area (Å²) < 4.78 is 0. The number of fused-ring (bicyclic) bond motifs is 1. The third kappa shape index (κ3) is 3.80. The molecule has 1 amide bonds. The predicted molar refractivity (Wildman–Crippen MR) is 110 cm³/mol. The quantitative estimate of drug-likeness (QED) is 0.688. The SMILES string of the molecule is CN(Cc1ccccc1N1CCCCC1)C(=O)c1ccc2ccccc2n1. The molecule has 27 heavy (non-hydrogen) atoms. The maximum absolute atomic E-state index is 12.9. The lowest BCUT2D eigenvalue weighted by Gasteiger charge is -2.31. The van der Waals surface area contributed by atoms with Gasteiger partial charge in [0.1, 0.15) is 5.69 Å². The van der Waals surface area contributed by atoms with Crippen LogP contribution in [0.15, 0.2) is 60.7 Å². The highest BCUT2D eigenvalue weighted by atomic mass is 16.2. The van der Waals surface area contributed by atoms with Gasteiger partial charge in [-0.1, -0.05) is 42.5 Å².